The fraction of sp³-hybridized carbons (Fsp3) is 0.143. The summed E-state index contributed by atoms with van der Waals surface area (Å²) in [5.74, 6) is 3.09. The molecule has 0 saturated carbocycles. The normalized spacial score (nSPS) is 11.7. The summed E-state index contributed by atoms with van der Waals surface area (Å²) in [6.07, 6.45) is 0. The van der Waals surface area contributed by atoms with Crippen LogP contribution in [-0.2, 0) is 0 Å². The van der Waals surface area contributed by atoms with Crippen LogP contribution in [0.1, 0.15) is 83.2 Å². The van der Waals surface area contributed by atoms with Gasteiger partial charge in [0.25, 0.3) is 11.8 Å². The lowest BCUT2D eigenvalue weighted by atomic mass is 10.0. The van der Waals surface area contributed by atoms with Crippen molar-refractivity contribution in [3.63, 3.8) is 0 Å². The Morgan fingerprint density at radius 2 is 0.764 bits per heavy atom. The fourth-order valence-corrected chi connectivity index (χ4v) is 4.58. The van der Waals surface area contributed by atoms with Crippen molar-refractivity contribution in [1.82, 2.24) is 21.7 Å². The van der Waals surface area contributed by atoms with Gasteiger partial charge in [0.15, 0.2) is 0 Å². The molecule has 0 aliphatic carbocycles. The first kappa shape index (κ1) is 41.3. The molecular weight excluding hydrogens is 705 g/mol. The van der Waals surface area contributed by atoms with Gasteiger partial charge in [-0.2, -0.15) is 20.4 Å². The van der Waals surface area contributed by atoms with E-state index >= 15 is 0 Å². The Kier molecular flexibility index (Phi) is 14.2. The minimum atomic E-state index is -0.566. The van der Waals surface area contributed by atoms with E-state index in [0.29, 0.717) is 62.0 Å². The standard InChI is InChI=1S/C35H42N18O2/c1-6-7-21-8-26(30(54)44-28-13-22(17(2)46-50-32(36)37)10-23(14-28)18(3)47-51-33(38)39)12-27(9-21)31(55)45-29-15-24(19(4)48-52-34(40)41)11-25(16-29)20(5)49-53-35(42)43/h8-16H,1-5H3,(H,44,54)(H,45,55)(H4,36,37,50)(H4,38,39,51)(H4,40,41,52)(H4,42,43,53)/b46-17+,47-18+,48-19+,49-20+. The Morgan fingerprint density at radius 1 is 0.491 bits per heavy atom. The van der Waals surface area contributed by atoms with Crippen LogP contribution in [0.25, 0.3) is 0 Å². The second-order valence-corrected chi connectivity index (χ2v) is 11.6. The van der Waals surface area contributed by atoms with E-state index in [-0.39, 0.29) is 35.0 Å². The van der Waals surface area contributed by atoms with Crippen LogP contribution >= 0.6 is 0 Å². The highest BCUT2D eigenvalue weighted by Gasteiger charge is 2.17. The highest BCUT2D eigenvalue weighted by atomic mass is 16.2. The predicted octanol–water partition coefficient (Wildman–Crippen LogP) is 1.39. The Balaban J connectivity index is 2.06. The van der Waals surface area contributed by atoms with Gasteiger partial charge in [-0.1, -0.05) is 5.92 Å². The molecule has 0 fully saturated rings. The Bertz CT molecular complexity index is 2000. The molecule has 55 heavy (non-hydrogen) atoms. The molecule has 20 nitrogen and oxygen atoms in total. The maximum atomic E-state index is 13.8. The van der Waals surface area contributed by atoms with Crippen LogP contribution in [0.3, 0.4) is 0 Å². The molecule has 284 valence electrons. The molecule has 0 atom stereocenters. The van der Waals surface area contributed by atoms with E-state index in [2.05, 4.69) is 64.6 Å². The van der Waals surface area contributed by atoms with Crippen molar-refractivity contribution < 1.29 is 9.59 Å². The fourth-order valence-electron chi connectivity index (χ4n) is 4.58. The lowest BCUT2D eigenvalue weighted by molar-refractivity contribution is 0.102. The van der Waals surface area contributed by atoms with Gasteiger partial charge in [0.2, 0.25) is 23.8 Å². The first-order chi connectivity index (χ1) is 25.9. The molecule has 3 aromatic rings. The molecular formula is C35H42N18O2. The van der Waals surface area contributed by atoms with Crippen molar-refractivity contribution in [2.45, 2.75) is 34.6 Å². The topological polar surface area (TPSA) is 355 Å². The maximum Gasteiger partial charge on any atom is 0.255 e. The number of benzene rings is 3. The van der Waals surface area contributed by atoms with E-state index in [1.807, 2.05) is 0 Å². The average Bonchev–Trinajstić information content (AvgIpc) is 3.13. The number of nitrogens with one attached hydrogen (secondary N) is 10. The Morgan fingerprint density at radius 3 is 1.02 bits per heavy atom. The molecule has 0 aliphatic heterocycles. The average molecular weight is 747 g/mol. The van der Waals surface area contributed by atoms with Gasteiger partial charge in [0.05, 0.1) is 22.8 Å². The van der Waals surface area contributed by atoms with Gasteiger partial charge in [-0.05, 0) is 89.2 Å². The van der Waals surface area contributed by atoms with Crippen molar-refractivity contribution in [3.8, 4) is 11.8 Å². The summed E-state index contributed by atoms with van der Waals surface area (Å²) in [6, 6.07) is 14.6. The molecule has 20 heteroatoms. The van der Waals surface area contributed by atoms with Crippen molar-refractivity contribution in [2.75, 3.05) is 10.6 Å². The second kappa shape index (κ2) is 19.0. The number of carbonyl (C=O) groups is 2. The summed E-state index contributed by atoms with van der Waals surface area (Å²) < 4.78 is 0. The molecule has 0 aromatic heterocycles. The smallest absolute Gasteiger partial charge is 0.255 e. The van der Waals surface area contributed by atoms with E-state index in [0.717, 1.165) is 0 Å². The van der Waals surface area contributed by atoms with E-state index in [9.17, 15) is 9.59 Å². The van der Waals surface area contributed by atoms with E-state index in [4.69, 9.17) is 44.6 Å². The predicted molar refractivity (Wildman–Crippen MR) is 217 cm³/mol. The first-order valence-corrected chi connectivity index (χ1v) is 16.0. The number of hydrazone groups is 4. The summed E-state index contributed by atoms with van der Waals surface area (Å²) in [5.41, 5.74) is 36.3. The largest absolute Gasteiger partial charge is 0.369 e. The summed E-state index contributed by atoms with van der Waals surface area (Å²) in [5, 5.41) is 51.8. The third-order valence-electron chi connectivity index (χ3n) is 7.16. The summed E-state index contributed by atoms with van der Waals surface area (Å²) in [6.45, 7) is 8.31. The molecule has 0 aliphatic rings. The number of rotatable bonds is 12. The zero-order valence-electron chi connectivity index (χ0n) is 30.6. The summed E-state index contributed by atoms with van der Waals surface area (Å²) in [4.78, 5) is 27.6. The van der Waals surface area contributed by atoms with Crippen LogP contribution in [0.15, 0.2) is 75.0 Å². The molecule has 3 aromatic carbocycles. The SMILES string of the molecule is CC#Cc1cc(C(=O)Nc2cc(/C(C)=N/NC(=N)N)cc(/C(C)=N/NC(=N)N)c2)cc(C(=O)Nc2cc(/C(C)=N/NC(=N)N)cc(/C(C)=N/NC(=N)N)c2)c1. The lowest BCUT2D eigenvalue weighted by Crippen LogP contribution is -2.27. The highest BCUT2D eigenvalue weighted by Crippen LogP contribution is 2.21. The molecule has 0 bridgehead atoms. The summed E-state index contributed by atoms with van der Waals surface area (Å²) in [7, 11) is 0. The lowest BCUT2D eigenvalue weighted by Gasteiger charge is -2.14. The van der Waals surface area contributed by atoms with Crippen LogP contribution in [-0.4, -0.2) is 58.5 Å². The molecule has 0 saturated heterocycles. The van der Waals surface area contributed by atoms with E-state index in [1.165, 1.54) is 6.07 Å². The number of guanidine groups is 4. The van der Waals surface area contributed by atoms with Gasteiger partial charge in [0, 0.05) is 50.3 Å². The van der Waals surface area contributed by atoms with Crippen LogP contribution in [0.5, 0.6) is 0 Å². The number of amides is 2. The number of nitrogens with two attached hydrogens (primary N) is 4. The second-order valence-electron chi connectivity index (χ2n) is 11.6. The van der Waals surface area contributed by atoms with E-state index < -0.39 is 11.8 Å². The summed E-state index contributed by atoms with van der Waals surface area (Å²) >= 11 is 0. The zero-order chi connectivity index (χ0) is 40.8. The van der Waals surface area contributed by atoms with Gasteiger partial charge in [-0.25, -0.2) is 21.7 Å². The molecule has 2 amide bonds. The van der Waals surface area contributed by atoms with Crippen LogP contribution in [0.4, 0.5) is 11.4 Å². The minimum absolute atomic E-state index is 0.121. The highest BCUT2D eigenvalue weighted by molar-refractivity contribution is 6.12. The van der Waals surface area contributed by atoms with Gasteiger partial charge in [0.1, 0.15) is 0 Å². The molecule has 0 spiro atoms. The molecule has 0 unspecified atom stereocenters. The van der Waals surface area contributed by atoms with Gasteiger partial charge >= 0.3 is 0 Å². The van der Waals surface area contributed by atoms with Crippen LogP contribution < -0.4 is 55.3 Å². The third kappa shape index (κ3) is 12.9. The van der Waals surface area contributed by atoms with Gasteiger partial charge in [-0.15, -0.1) is 5.92 Å². The Labute approximate surface area is 316 Å². The van der Waals surface area contributed by atoms with E-state index in [1.54, 1.807) is 83.1 Å². The molecule has 0 radical (unpaired) electrons. The molecule has 18 N–H and O–H groups in total. The van der Waals surface area contributed by atoms with Gasteiger partial charge < -0.3 is 33.6 Å². The van der Waals surface area contributed by atoms with Crippen molar-refractivity contribution >= 4 is 69.9 Å². The van der Waals surface area contributed by atoms with Crippen molar-refractivity contribution in [2.24, 2.45) is 43.3 Å². The van der Waals surface area contributed by atoms with Crippen molar-refractivity contribution in [1.29, 1.82) is 21.6 Å². The Hall–Kier alpha value is -8.08. The maximum absolute atomic E-state index is 13.8. The zero-order valence-corrected chi connectivity index (χ0v) is 30.6. The van der Waals surface area contributed by atoms with Crippen LogP contribution in [0, 0.1) is 33.5 Å². The quantitative estimate of drug-likeness (QED) is 0.0546. The minimum Gasteiger partial charge on any atom is -0.369 e. The monoisotopic (exact) mass is 746 g/mol. The van der Waals surface area contributed by atoms with Gasteiger partial charge in [-0.3, -0.25) is 31.2 Å². The number of nitrogens with zero attached hydrogens (tertiary/aromatic N) is 4. The number of hydrogen-bond donors (Lipinski definition) is 14. The number of carbonyl (C=O) groups excluding carboxylic acids is 2. The van der Waals surface area contributed by atoms with Crippen LogP contribution in [0.2, 0.25) is 0 Å². The third-order valence-corrected chi connectivity index (χ3v) is 7.16. The number of anilines is 2. The molecule has 3 rings (SSSR count). The number of hydrogen-bond acceptors (Lipinski definition) is 10. The first-order valence-electron chi connectivity index (χ1n) is 16.0. The molecule has 0 heterocycles. The van der Waals surface area contributed by atoms with Crippen molar-refractivity contribution in [3.05, 3.63) is 93.5 Å².